The van der Waals surface area contributed by atoms with Crippen LogP contribution >= 0.6 is 0 Å². The van der Waals surface area contributed by atoms with E-state index in [4.69, 9.17) is 11.5 Å². The SMILES string of the molecule is NCCN1Cc2cccc(N)c2C1=O. The minimum atomic E-state index is 0.00329. The van der Waals surface area contributed by atoms with Crippen LogP contribution in [0.2, 0.25) is 0 Å². The summed E-state index contributed by atoms with van der Waals surface area (Å²) in [7, 11) is 0. The minimum absolute atomic E-state index is 0.00329. The van der Waals surface area contributed by atoms with Crippen molar-refractivity contribution in [3.8, 4) is 0 Å². The van der Waals surface area contributed by atoms with Gasteiger partial charge < -0.3 is 16.4 Å². The first-order valence-corrected chi connectivity index (χ1v) is 4.60. The topological polar surface area (TPSA) is 72.3 Å². The van der Waals surface area contributed by atoms with Crippen molar-refractivity contribution in [2.45, 2.75) is 6.54 Å². The number of nitrogens with two attached hydrogens (primary N) is 2. The second kappa shape index (κ2) is 3.31. The van der Waals surface area contributed by atoms with Crippen molar-refractivity contribution in [1.29, 1.82) is 0 Å². The van der Waals surface area contributed by atoms with Crippen LogP contribution < -0.4 is 11.5 Å². The predicted octanol–water partition coefficient (Wildman–Crippen LogP) is 0.183. The molecule has 14 heavy (non-hydrogen) atoms. The number of hydrogen-bond acceptors (Lipinski definition) is 3. The lowest BCUT2D eigenvalue weighted by molar-refractivity contribution is 0.0784. The lowest BCUT2D eigenvalue weighted by Gasteiger charge is -2.13. The van der Waals surface area contributed by atoms with E-state index in [1.807, 2.05) is 12.1 Å². The molecule has 4 heteroatoms. The second-order valence-electron chi connectivity index (χ2n) is 3.40. The maximum atomic E-state index is 11.8. The molecular weight excluding hydrogens is 178 g/mol. The number of rotatable bonds is 2. The Morgan fingerprint density at radius 2 is 2.21 bits per heavy atom. The summed E-state index contributed by atoms with van der Waals surface area (Å²) in [5.41, 5.74) is 13.4. The molecule has 1 aromatic carbocycles. The maximum Gasteiger partial charge on any atom is 0.256 e. The number of hydrogen-bond donors (Lipinski definition) is 2. The molecule has 0 bridgehead atoms. The van der Waals surface area contributed by atoms with E-state index in [2.05, 4.69) is 0 Å². The number of amides is 1. The monoisotopic (exact) mass is 191 g/mol. The van der Waals surface area contributed by atoms with Gasteiger partial charge in [-0.25, -0.2) is 0 Å². The number of nitrogens with zero attached hydrogens (tertiary/aromatic N) is 1. The summed E-state index contributed by atoms with van der Waals surface area (Å²) in [6.45, 7) is 1.71. The van der Waals surface area contributed by atoms with Gasteiger partial charge in [0.1, 0.15) is 0 Å². The summed E-state index contributed by atoms with van der Waals surface area (Å²) < 4.78 is 0. The maximum absolute atomic E-state index is 11.8. The number of anilines is 1. The molecule has 2 rings (SSSR count). The van der Waals surface area contributed by atoms with Gasteiger partial charge in [0, 0.05) is 25.3 Å². The van der Waals surface area contributed by atoms with Crippen LogP contribution in [-0.4, -0.2) is 23.9 Å². The predicted molar refractivity (Wildman–Crippen MR) is 54.6 cm³/mol. The average Bonchev–Trinajstić information content (AvgIpc) is 2.46. The Hall–Kier alpha value is -1.55. The molecule has 1 heterocycles. The van der Waals surface area contributed by atoms with Gasteiger partial charge in [-0.15, -0.1) is 0 Å². The van der Waals surface area contributed by atoms with Gasteiger partial charge in [0.25, 0.3) is 5.91 Å². The fourth-order valence-electron chi connectivity index (χ4n) is 1.78. The third kappa shape index (κ3) is 1.24. The molecule has 74 valence electrons. The van der Waals surface area contributed by atoms with Crippen molar-refractivity contribution in [3.63, 3.8) is 0 Å². The summed E-state index contributed by atoms with van der Waals surface area (Å²) in [5, 5.41) is 0. The van der Waals surface area contributed by atoms with Gasteiger partial charge in [-0.3, -0.25) is 4.79 Å². The molecule has 0 aromatic heterocycles. The van der Waals surface area contributed by atoms with Gasteiger partial charge in [-0.2, -0.15) is 0 Å². The van der Waals surface area contributed by atoms with E-state index in [1.54, 1.807) is 11.0 Å². The molecular formula is C10H13N3O. The van der Waals surface area contributed by atoms with Gasteiger partial charge in [0.15, 0.2) is 0 Å². The van der Waals surface area contributed by atoms with Gasteiger partial charge in [-0.1, -0.05) is 12.1 Å². The van der Waals surface area contributed by atoms with Crippen LogP contribution in [0.15, 0.2) is 18.2 Å². The quantitative estimate of drug-likeness (QED) is 0.655. The highest BCUT2D eigenvalue weighted by molar-refractivity contribution is 6.02. The number of carbonyl (C=O) groups is 1. The van der Waals surface area contributed by atoms with E-state index in [0.717, 1.165) is 5.56 Å². The Kier molecular flexibility index (Phi) is 2.13. The highest BCUT2D eigenvalue weighted by atomic mass is 16.2. The Labute approximate surface area is 82.5 Å². The summed E-state index contributed by atoms with van der Waals surface area (Å²) >= 11 is 0. The van der Waals surface area contributed by atoms with Crippen LogP contribution in [0.4, 0.5) is 5.69 Å². The molecule has 1 aliphatic heterocycles. The third-order valence-electron chi connectivity index (χ3n) is 2.44. The molecule has 0 radical (unpaired) electrons. The van der Waals surface area contributed by atoms with Crippen molar-refractivity contribution in [3.05, 3.63) is 29.3 Å². The fourth-order valence-corrected chi connectivity index (χ4v) is 1.78. The molecule has 4 nitrogen and oxygen atoms in total. The molecule has 0 atom stereocenters. The van der Waals surface area contributed by atoms with Crippen LogP contribution in [0.3, 0.4) is 0 Å². The Bertz CT molecular complexity index is 376. The zero-order chi connectivity index (χ0) is 10.1. The molecule has 0 unspecified atom stereocenters. The number of nitrogen functional groups attached to an aromatic ring is 1. The standard InChI is InChI=1S/C10H13N3O/c11-4-5-13-6-7-2-1-3-8(12)9(7)10(13)14/h1-3H,4-6,11-12H2. The van der Waals surface area contributed by atoms with E-state index in [9.17, 15) is 4.79 Å². The lowest BCUT2D eigenvalue weighted by atomic mass is 10.1. The first kappa shape index (κ1) is 9.02. The van der Waals surface area contributed by atoms with Gasteiger partial charge in [0.2, 0.25) is 0 Å². The molecule has 0 saturated heterocycles. The minimum Gasteiger partial charge on any atom is -0.398 e. The van der Waals surface area contributed by atoms with Crippen LogP contribution in [0.25, 0.3) is 0 Å². The third-order valence-corrected chi connectivity index (χ3v) is 2.44. The van der Waals surface area contributed by atoms with Gasteiger partial charge in [0.05, 0.1) is 5.56 Å². The Morgan fingerprint density at radius 3 is 2.86 bits per heavy atom. The fraction of sp³-hybridized carbons (Fsp3) is 0.300. The van der Waals surface area contributed by atoms with Crippen LogP contribution in [-0.2, 0) is 6.54 Å². The largest absolute Gasteiger partial charge is 0.398 e. The van der Waals surface area contributed by atoms with Crippen molar-refractivity contribution >= 4 is 11.6 Å². The zero-order valence-corrected chi connectivity index (χ0v) is 7.86. The molecule has 1 aliphatic rings. The summed E-state index contributed by atoms with van der Waals surface area (Å²) in [6, 6.07) is 5.55. The molecule has 0 saturated carbocycles. The highest BCUT2D eigenvalue weighted by Gasteiger charge is 2.28. The molecule has 0 spiro atoms. The smallest absolute Gasteiger partial charge is 0.256 e. The van der Waals surface area contributed by atoms with Crippen molar-refractivity contribution in [1.82, 2.24) is 4.90 Å². The summed E-state index contributed by atoms with van der Waals surface area (Å²) in [5.74, 6) is 0.00329. The van der Waals surface area contributed by atoms with Crippen LogP contribution in [0, 0.1) is 0 Å². The normalized spacial score (nSPS) is 14.6. The molecule has 1 amide bonds. The van der Waals surface area contributed by atoms with Crippen molar-refractivity contribution in [2.75, 3.05) is 18.8 Å². The van der Waals surface area contributed by atoms with E-state index in [0.29, 0.717) is 30.9 Å². The van der Waals surface area contributed by atoms with E-state index < -0.39 is 0 Å². The van der Waals surface area contributed by atoms with E-state index in [-0.39, 0.29) is 5.91 Å². The van der Waals surface area contributed by atoms with E-state index >= 15 is 0 Å². The van der Waals surface area contributed by atoms with Crippen molar-refractivity contribution in [2.24, 2.45) is 5.73 Å². The van der Waals surface area contributed by atoms with E-state index in [1.165, 1.54) is 0 Å². The second-order valence-corrected chi connectivity index (χ2v) is 3.40. The van der Waals surface area contributed by atoms with Crippen LogP contribution in [0.1, 0.15) is 15.9 Å². The van der Waals surface area contributed by atoms with Gasteiger partial charge >= 0.3 is 0 Å². The lowest BCUT2D eigenvalue weighted by Crippen LogP contribution is -2.29. The first-order valence-electron chi connectivity index (χ1n) is 4.60. The Morgan fingerprint density at radius 1 is 1.43 bits per heavy atom. The number of fused-ring (bicyclic) bond motifs is 1. The van der Waals surface area contributed by atoms with Gasteiger partial charge in [-0.05, 0) is 11.6 Å². The van der Waals surface area contributed by atoms with Crippen molar-refractivity contribution < 1.29 is 4.79 Å². The zero-order valence-electron chi connectivity index (χ0n) is 7.86. The number of carbonyl (C=O) groups excluding carboxylic acids is 1. The highest BCUT2D eigenvalue weighted by Crippen LogP contribution is 2.26. The molecule has 0 aliphatic carbocycles. The first-order chi connectivity index (χ1) is 6.74. The molecule has 1 aromatic rings. The molecule has 0 fully saturated rings. The Balaban J connectivity index is 2.36. The average molecular weight is 191 g/mol. The van der Waals surface area contributed by atoms with Crippen LogP contribution in [0.5, 0.6) is 0 Å². The summed E-state index contributed by atoms with van der Waals surface area (Å²) in [4.78, 5) is 13.5. The molecule has 4 N–H and O–H groups in total. The summed E-state index contributed by atoms with van der Waals surface area (Å²) in [6.07, 6.45) is 0. The number of benzene rings is 1.